The number of rotatable bonds is 10. The number of aliphatic hydroxyl groups excluding tert-OH is 1. The van der Waals surface area contributed by atoms with Crippen LogP contribution in [0.25, 0.3) is 0 Å². The number of likely N-dealkylation sites (tertiary alicyclic amines) is 1. The number of piperazine rings is 1. The standard InChI is InChI=1S/C24H39N3O5/c1-4-25-11-13-27(14-12-25)17-21(28)18-32-22-6-5-19(15-23(22)30-2)16-26-9-7-20(8-10-26)24(29)31-3/h5-6,15,20-21,28H,4,7-14,16-18H2,1-3H3. The molecule has 32 heavy (non-hydrogen) atoms. The van der Waals surface area contributed by atoms with Gasteiger partial charge < -0.3 is 24.2 Å². The first-order valence-electron chi connectivity index (χ1n) is 11.7. The van der Waals surface area contributed by atoms with Gasteiger partial charge in [0.2, 0.25) is 0 Å². The van der Waals surface area contributed by atoms with Crippen molar-refractivity contribution in [2.24, 2.45) is 5.92 Å². The first kappa shape index (κ1) is 24.8. The summed E-state index contributed by atoms with van der Waals surface area (Å²) in [5.74, 6) is 1.24. The molecule has 0 radical (unpaired) electrons. The first-order valence-corrected chi connectivity index (χ1v) is 11.7. The molecule has 2 fully saturated rings. The van der Waals surface area contributed by atoms with Crippen LogP contribution < -0.4 is 9.47 Å². The van der Waals surface area contributed by atoms with Gasteiger partial charge >= 0.3 is 5.97 Å². The molecule has 1 aromatic rings. The number of benzene rings is 1. The molecule has 8 nitrogen and oxygen atoms in total. The van der Waals surface area contributed by atoms with Crippen molar-refractivity contribution in [2.45, 2.75) is 32.4 Å². The fourth-order valence-electron chi connectivity index (χ4n) is 4.51. The van der Waals surface area contributed by atoms with Crippen molar-refractivity contribution < 1.29 is 24.1 Å². The van der Waals surface area contributed by atoms with Crippen LogP contribution in [0.1, 0.15) is 25.3 Å². The number of carbonyl (C=O) groups excluding carboxylic acids is 1. The van der Waals surface area contributed by atoms with Gasteiger partial charge in [0, 0.05) is 39.3 Å². The molecule has 2 heterocycles. The van der Waals surface area contributed by atoms with E-state index in [1.165, 1.54) is 7.11 Å². The molecule has 2 saturated heterocycles. The number of ether oxygens (including phenoxy) is 3. The third-order valence-corrected chi connectivity index (χ3v) is 6.57. The molecule has 0 saturated carbocycles. The van der Waals surface area contributed by atoms with E-state index < -0.39 is 6.10 Å². The number of carbonyl (C=O) groups is 1. The van der Waals surface area contributed by atoms with Gasteiger partial charge in [-0.2, -0.15) is 0 Å². The van der Waals surface area contributed by atoms with Crippen LogP contribution in [0.15, 0.2) is 18.2 Å². The number of methoxy groups -OCH3 is 2. The minimum Gasteiger partial charge on any atom is -0.493 e. The quantitative estimate of drug-likeness (QED) is 0.538. The highest BCUT2D eigenvalue weighted by Gasteiger charge is 2.25. The van der Waals surface area contributed by atoms with Crippen LogP contribution in [-0.4, -0.2) is 105 Å². The smallest absolute Gasteiger partial charge is 0.308 e. The van der Waals surface area contributed by atoms with E-state index in [0.717, 1.165) is 70.8 Å². The summed E-state index contributed by atoms with van der Waals surface area (Å²) in [6.07, 6.45) is 1.12. The molecular formula is C24H39N3O5. The lowest BCUT2D eigenvalue weighted by atomic mass is 9.96. The van der Waals surface area contributed by atoms with Crippen LogP contribution in [0.5, 0.6) is 11.5 Å². The number of hydrogen-bond donors (Lipinski definition) is 1. The van der Waals surface area contributed by atoms with Crippen molar-refractivity contribution in [3.8, 4) is 11.5 Å². The summed E-state index contributed by atoms with van der Waals surface area (Å²) in [4.78, 5) is 18.8. The maximum atomic E-state index is 11.7. The van der Waals surface area contributed by atoms with Crippen LogP contribution >= 0.6 is 0 Å². The highest BCUT2D eigenvalue weighted by molar-refractivity contribution is 5.72. The Morgan fingerprint density at radius 1 is 1.03 bits per heavy atom. The maximum absolute atomic E-state index is 11.7. The summed E-state index contributed by atoms with van der Waals surface area (Å²) in [5, 5.41) is 10.4. The Kier molecular flexibility index (Phi) is 9.59. The Labute approximate surface area is 192 Å². The lowest BCUT2D eigenvalue weighted by Gasteiger charge is -2.34. The van der Waals surface area contributed by atoms with E-state index in [9.17, 15) is 9.90 Å². The summed E-state index contributed by atoms with van der Waals surface area (Å²) in [7, 11) is 3.09. The minimum absolute atomic E-state index is 0.0171. The van der Waals surface area contributed by atoms with Crippen molar-refractivity contribution in [1.82, 2.24) is 14.7 Å². The number of piperidine rings is 1. The zero-order chi connectivity index (χ0) is 22.9. The van der Waals surface area contributed by atoms with Gasteiger partial charge in [-0.3, -0.25) is 14.6 Å². The van der Waals surface area contributed by atoms with Crippen LogP contribution in [0.3, 0.4) is 0 Å². The SMILES string of the molecule is CCN1CCN(CC(O)COc2ccc(CN3CCC(C(=O)OC)CC3)cc2OC)CC1. The van der Waals surface area contributed by atoms with E-state index in [-0.39, 0.29) is 18.5 Å². The normalized spacial score (nSPS) is 20.1. The molecule has 180 valence electrons. The zero-order valence-corrected chi connectivity index (χ0v) is 19.8. The number of nitrogens with zero attached hydrogens (tertiary/aromatic N) is 3. The van der Waals surface area contributed by atoms with Gasteiger partial charge in [0.05, 0.1) is 20.1 Å². The molecule has 0 spiro atoms. The average molecular weight is 450 g/mol. The monoisotopic (exact) mass is 449 g/mol. The third-order valence-electron chi connectivity index (χ3n) is 6.57. The minimum atomic E-state index is -0.538. The average Bonchev–Trinajstić information content (AvgIpc) is 2.83. The molecule has 3 rings (SSSR count). The van der Waals surface area contributed by atoms with Gasteiger partial charge in [-0.05, 0) is 50.2 Å². The maximum Gasteiger partial charge on any atom is 0.308 e. The van der Waals surface area contributed by atoms with E-state index >= 15 is 0 Å². The predicted molar refractivity (Wildman–Crippen MR) is 123 cm³/mol. The van der Waals surface area contributed by atoms with Gasteiger partial charge in [0.15, 0.2) is 11.5 Å². The van der Waals surface area contributed by atoms with Gasteiger partial charge in [0.1, 0.15) is 12.7 Å². The van der Waals surface area contributed by atoms with Crippen molar-refractivity contribution in [2.75, 3.05) is 73.2 Å². The van der Waals surface area contributed by atoms with Gasteiger partial charge in [-0.25, -0.2) is 0 Å². The largest absolute Gasteiger partial charge is 0.493 e. The molecule has 0 bridgehead atoms. The number of hydrogen-bond acceptors (Lipinski definition) is 8. The lowest BCUT2D eigenvalue weighted by molar-refractivity contribution is -0.147. The molecule has 1 N–H and O–H groups in total. The molecule has 1 atom stereocenters. The summed E-state index contributed by atoms with van der Waals surface area (Å²) in [6, 6.07) is 5.96. The number of aliphatic hydroxyl groups is 1. The second kappa shape index (κ2) is 12.4. The van der Waals surface area contributed by atoms with Gasteiger partial charge in [0.25, 0.3) is 0 Å². The van der Waals surface area contributed by atoms with E-state index in [2.05, 4.69) is 21.6 Å². The number of likely N-dealkylation sites (N-methyl/N-ethyl adjacent to an activating group) is 1. The van der Waals surface area contributed by atoms with Crippen LogP contribution in [0.4, 0.5) is 0 Å². The summed E-state index contributed by atoms with van der Waals surface area (Å²) in [6.45, 7) is 10.8. The zero-order valence-electron chi connectivity index (χ0n) is 19.8. The lowest BCUT2D eigenvalue weighted by Crippen LogP contribution is -2.49. The summed E-state index contributed by atoms with van der Waals surface area (Å²) < 4.78 is 16.3. The molecule has 1 unspecified atom stereocenters. The Balaban J connectivity index is 1.45. The van der Waals surface area contributed by atoms with Crippen molar-refractivity contribution in [3.63, 3.8) is 0 Å². The van der Waals surface area contributed by atoms with Crippen molar-refractivity contribution in [1.29, 1.82) is 0 Å². The van der Waals surface area contributed by atoms with E-state index in [1.54, 1.807) is 7.11 Å². The van der Waals surface area contributed by atoms with E-state index in [1.807, 2.05) is 18.2 Å². The molecule has 8 heteroatoms. The fraction of sp³-hybridized carbons (Fsp3) is 0.708. The van der Waals surface area contributed by atoms with Crippen LogP contribution in [0.2, 0.25) is 0 Å². The van der Waals surface area contributed by atoms with Gasteiger partial charge in [-0.15, -0.1) is 0 Å². The molecular weight excluding hydrogens is 410 g/mol. The fourth-order valence-corrected chi connectivity index (χ4v) is 4.51. The Bertz CT molecular complexity index is 716. The topological polar surface area (TPSA) is 74.7 Å². The second-order valence-electron chi connectivity index (χ2n) is 8.76. The van der Waals surface area contributed by atoms with Crippen LogP contribution in [0, 0.1) is 5.92 Å². The third kappa shape index (κ3) is 7.07. The number of esters is 1. The van der Waals surface area contributed by atoms with Crippen molar-refractivity contribution >= 4 is 5.97 Å². The molecule has 2 aliphatic rings. The van der Waals surface area contributed by atoms with Gasteiger partial charge in [-0.1, -0.05) is 13.0 Å². The Morgan fingerprint density at radius 3 is 2.34 bits per heavy atom. The van der Waals surface area contributed by atoms with E-state index in [0.29, 0.717) is 18.0 Å². The summed E-state index contributed by atoms with van der Waals surface area (Å²) >= 11 is 0. The molecule has 0 aliphatic carbocycles. The number of β-amino-alcohol motifs (C(OH)–C–C–N with tert-alkyl or cyclic N) is 1. The van der Waals surface area contributed by atoms with Crippen LogP contribution in [-0.2, 0) is 16.1 Å². The molecule has 0 amide bonds. The molecule has 0 aromatic heterocycles. The first-order chi connectivity index (χ1) is 15.5. The van der Waals surface area contributed by atoms with Crippen molar-refractivity contribution in [3.05, 3.63) is 23.8 Å². The Morgan fingerprint density at radius 2 is 1.72 bits per heavy atom. The molecule has 2 aliphatic heterocycles. The van der Waals surface area contributed by atoms with E-state index in [4.69, 9.17) is 14.2 Å². The highest BCUT2D eigenvalue weighted by Crippen LogP contribution is 2.29. The molecule has 1 aromatic carbocycles. The Hall–Kier alpha value is -1.87. The second-order valence-corrected chi connectivity index (χ2v) is 8.76. The predicted octanol–water partition coefficient (Wildman–Crippen LogP) is 1.46. The highest BCUT2D eigenvalue weighted by atomic mass is 16.5. The summed E-state index contributed by atoms with van der Waals surface area (Å²) in [5.41, 5.74) is 1.14.